The van der Waals surface area contributed by atoms with Crippen molar-refractivity contribution in [3.8, 4) is 0 Å². The lowest BCUT2D eigenvalue weighted by molar-refractivity contribution is 0.102. The maximum absolute atomic E-state index is 12.0. The second-order valence-corrected chi connectivity index (χ2v) is 4.11. The molecule has 0 atom stereocenters. The Morgan fingerprint density at radius 2 is 2.05 bits per heavy atom. The van der Waals surface area contributed by atoms with Gasteiger partial charge in [-0.2, -0.15) is 5.10 Å². The fourth-order valence-corrected chi connectivity index (χ4v) is 1.74. The molecule has 1 aromatic carbocycles. The quantitative estimate of drug-likeness (QED) is 0.730. The number of rotatable bonds is 2. The highest BCUT2D eigenvalue weighted by Crippen LogP contribution is 2.19. The van der Waals surface area contributed by atoms with E-state index in [4.69, 9.17) is 0 Å². The number of para-hydroxylation sites is 1. The van der Waals surface area contributed by atoms with Gasteiger partial charge in [0.2, 0.25) is 0 Å². The van der Waals surface area contributed by atoms with Gasteiger partial charge in [-0.1, -0.05) is 12.1 Å². The van der Waals surface area contributed by atoms with Gasteiger partial charge in [0, 0.05) is 11.6 Å². The van der Waals surface area contributed by atoms with Crippen LogP contribution in [0.3, 0.4) is 0 Å². The maximum Gasteiger partial charge on any atom is 0.277 e. The minimum Gasteiger partial charge on any atom is -0.303 e. The SMILES string of the molecule is Cc1cnc(C(=O)Nc2n[nH]c3ccccc23)cn1. The van der Waals surface area contributed by atoms with Crippen molar-refractivity contribution in [1.29, 1.82) is 0 Å². The topological polar surface area (TPSA) is 83.6 Å². The summed E-state index contributed by atoms with van der Waals surface area (Å²) in [5.74, 6) is 0.160. The summed E-state index contributed by atoms with van der Waals surface area (Å²) in [5, 5.41) is 10.5. The molecule has 0 aliphatic carbocycles. The first-order valence-corrected chi connectivity index (χ1v) is 5.77. The second kappa shape index (κ2) is 4.49. The molecule has 3 aromatic rings. The number of amides is 1. The number of nitrogens with zero attached hydrogens (tertiary/aromatic N) is 3. The van der Waals surface area contributed by atoms with Gasteiger partial charge in [0.1, 0.15) is 5.69 Å². The molecule has 1 amide bonds. The molecule has 0 aliphatic heterocycles. The number of carbonyl (C=O) groups excluding carboxylic acids is 1. The molecule has 0 radical (unpaired) electrons. The number of aryl methyl sites for hydroxylation is 1. The van der Waals surface area contributed by atoms with Gasteiger partial charge >= 0.3 is 0 Å². The molecule has 0 bridgehead atoms. The largest absolute Gasteiger partial charge is 0.303 e. The van der Waals surface area contributed by atoms with Crippen molar-refractivity contribution in [3.05, 3.63) is 48.0 Å². The molecule has 0 unspecified atom stereocenters. The van der Waals surface area contributed by atoms with Crippen LogP contribution in [0.15, 0.2) is 36.7 Å². The first kappa shape index (κ1) is 11.3. The van der Waals surface area contributed by atoms with Gasteiger partial charge in [0.05, 0.1) is 17.4 Å². The summed E-state index contributed by atoms with van der Waals surface area (Å²) in [4.78, 5) is 20.1. The zero-order valence-corrected chi connectivity index (χ0v) is 10.2. The van der Waals surface area contributed by atoms with E-state index in [2.05, 4.69) is 25.5 Å². The zero-order chi connectivity index (χ0) is 13.2. The second-order valence-electron chi connectivity index (χ2n) is 4.11. The van der Waals surface area contributed by atoms with Crippen molar-refractivity contribution < 1.29 is 4.79 Å². The molecule has 6 nitrogen and oxygen atoms in total. The predicted molar refractivity (Wildman–Crippen MR) is 70.8 cm³/mol. The van der Waals surface area contributed by atoms with E-state index in [-0.39, 0.29) is 11.6 Å². The van der Waals surface area contributed by atoms with Gasteiger partial charge in [-0.05, 0) is 19.1 Å². The van der Waals surface area contributed by atoms with Crippen molar-refractivity contribution in [2.75, 3.05) is 5.32 Å². The van der Waals surface area contributed by atoms with Gasteiger partial charge in [-0.15, -0.1) is 0 Å². The van der Waals surface area contributed by atoms with Gasteiger partial charge in [0.25, 0.3) is 5.91 Å². The number of benzene rings is 1. The van der Waals surface area contributed by atoms with Crippen LogP contribution in [0.4, 0.5) is 5.82 Å². The van der Waals surface area contributed by atoms with Crippen LogP contribution < -0.4 is 5.32 Å². The molecule has 3 rings (SSSR count). The Balaban J connectivity index is 1.89. The number of anilines is 1. The predicted octanol–water partition coefficient (Wildman–Crippen LogP) is 1.91. The van der Waals surface area contributed by atoms with Crippen LogP contribution in [0.2, 0.25) is 0 Å². The Bertz CT molecular complexity index is 732. The summed E-state index contributed by atoms with van der Waals surface area (Å²) in [6, 6.07) is 7.57. The highest BCUT2D eigenvalue weighted by atomic mass is 16.2. The van der Waals surface area contributed by atoms with Gasteiger partial charge in [-0.3, -0.25) is 14.9 Å². The smallest absolute Gasteiger partial charge is 0.277 e. The third kappa shape index (κ3) is 2.15. The number of hydrogen-bond acceptors (Lipinski definition) is 4. The van der Waals surface area contributed by atoms with Crippen LogP contribution in [-0.2, 0) is 0 Å². The van der Waals surface area contributed by atoms with E-state index >= 15 is 0 Å². The van der Waals surface area contributed by atoms with Crippen molar-refractivity contribution >= 4 is 22.6 Å². The van der Waals surface area contributed by atoms with E-state index in [1.54, 1.807) is 6.20 Å². The summed E-state index contributed by atoms with van der Waals surface area (Å²) in [6.45, 7) is 1.82. The van der Waals surface area contributed by atoms with Crippen LogP contribution in [0.1, 0.15) is 16.2 Å². The number of carbonyl (C=O) groups is 1. The van der Waals surface area contributed by atoms with Crippen LogP contribution in [0, 0.1) is 6.92 Å². The van der Waals surface area contributed by atoms with E-state index in [0.29, 0.717) is 5.82 Å². The van der Waals surface area contributed by atoms with E-state index < -0.39 is 0 Å². The number of H-pyrrole nitrogens is 1. The van der Waals surface area contributed by atoms with Gasteiger partial charge in [-0.25, -0.2) is 4.98 Å². The van der Waals surface area contributed by atoms with Crippen LogP contribution >= 0.6 is 0 Å². The summed E-state index contributed by atoms with van der Waals surface area (Å²) in [7, 11) is 0. The molecular weight excluding hydrogens is 242 g/mol. The number of nitrogens with one attached hydrogen (secondary N) is 2. The molecule has 0 saturated heterocycles. The zero-order valence-electron chi connectivity index (χ0n) is 10.2. The van der Waals surface area contributed by atoms with Crippen LogP contribution in [0.25, 0.3) is 10.9 Å². The Kier molecular flexibility index (Phi) is 2.68. The molecule has 0 saturated carbocycles. The van der Waals surface area contributed by atoms with Crippen molar-refractivity contribution in [3.63, 3.8) is 0 Å². The van der Waals surface area contributed by atoms with Crippen LogP contribution in [0.5, 0.6) is 0 Å². The number of aromatic nitrogens is 4. The van der Waals surface area contributed by atoms with Gasteiger partial charge < -0.3 is 5.32 Å². The normalized spacial score (nSPS) is 10.6. The Labute approximate surface area is 108 Å². The molecule has 2 heterocycles. The summed E-state index contributed by atoms with van der Waals surface area (Å²) >= 11 is 0. The fourth-order valence-electron chi connectivity index (χ4n) is 1.74. The van der Waals surface area contributed by atoms with E-state index in [1.165, 1.54) is 6.20 Å². The van der Waals surface area contributed by atoms with E-state index in [0.717, 1.165) is 16.6 Å². The number of fused-ring (bicyclic) bond motifs is 1. The third-order valence-corrected chi connectivity index (χ3v) is 2.72. The molecule has 0 aliphatic rings. The molecule has 6 heteroatoms. The van der Waals surface area contributed by atoms with Crippen molar-refractivity contribution in [2.45, 2.75) is 6.92 Å². The monoisotopic (exact) mass is 253 g/mol. The van der Waals surface area contributed by atoms with Crippen molar-refractivity contribution in [1.82, 2.24) is 20.2 Å². The minimum absolute atomic E-state index is 0.262. The Morgan fingerprint density at radius 3 is 2.84 bits per heavy atom. The highest BCUT2D eigenvalue weighted by molar-refractivity contribution is 6.06. The molecular formula is C13H11N5O. The average molecular weight is 253 g/mol. The maximum atomic E-state index is 12.0. The van der Waals surface area contributed by atoms with Gasteiger partial charge in [0.15, 0.2) is 5.82 Å². The fraction of sp³-hybridized carbons (Fsp3) is 0.0769. The number of aromatic amines is 1. The lowest BCUT2D eigenvalue weighted by atomic mass is 10.2. The molecule has 2 N–H and O–H groups in total. The third-order valence-electron chi connectivity index (χ3n) is 2.72. The Hall–Kier alpha value is -2.76. The first-order chi connectivity index (χ1) is 9.24. The standard InChI is InChI=1S/C13H11N5O/c1-8-6-15-11(7-14-8)13(19)16-12-9-4-2-3-5-10(9)17-18-12/h2-7H,1H3,(H2,16,17,18,19). The molecule has 19 heavy (non-hydrogen) atoms. The summed E-state index contributed by atoms with van der Waals surface area (Å²) in [6.07, 6.45) is 3.00. The molecule has 94 valence electrons. The van der Waals surface area contributed by atoms with E-state index in [1.807, 2.05) is 31.2 Å². The molecule has 0 spiro atoms. The lowest BCUT2D eigenvalue weighted by Gasteiger charge is -2.01. The van der Waals surface area contributed by atoms with Crippen LogP contribution in [-0.4, -0.2) is 26.1 Å². The lowest BCUT2D eigenvalue weighted by Crippen LogP contribution is -2.14. The number of hydrogen-bond donors (Lipinski definition) is 2. The summed E-state index contributed by atoms with van der Waals surface area (Å²) in [5.41, 5.74) is 1.90. The average Bonchev–Trinajstić information content (AvgIpc) is 2.83. The van der Waals surface area contributed by atoms with E-state index in [9.17, 15) is 4.79 Å². The summed E-state index contributed by atoms with van der Waals surface area (Å²) < 4.78 is 0. The van der Waals surface area contributed by atoms with Crippen molar-refractivity contribution in [2.24, 2.45) is 0 Å². The Morgan fingerprint density at radius 1 is 1.21 bits per heavy atom. The first-order valence-electron chi connectivity index (χ1n) is 5.77. The highest BCUT2D eigenvalue weighted by Gasteiger charge is 2.11. The molecule has 2 aromatic heterocycles. The molecule has 0 fully saturated rings. The minimum atomic E-state index is -0.329.